The fourth-order valence-electron chi connectivity index (χ4n) is 5.14. The number of halogens is 3. The van der Waals surface area contributed by atoms with Crippen molar-refractivity contribution in [3.8, 4) is 28.5 Å². The van der Waals surface area contributed by atoms with E-state index < -0.39 is 12.4 Å². The predicted molar refractivity (Wildman–Crippen MR) is 168 cm³/mol. The number of carbonyl (C=O) groups is 1. The molecule has 45 heavy (non-hydrogen) atoms. The number of alkyl halides is 3. The van der Waals surface area contributed by atoms with E-state index in [2.05, 4.69) is 58.0 Å². The molecule has 0 aliphatic rings. The Morgan fingerprint density at radius 1 is 1.02 bits per heavy atom. The van der Waals surface area contributed by atoms with Crippen molar-refractivity contribution in [2.45, 2.75) is 52.8 Å². The Morgan fingerprint density at radius 3 is 2.40 bits per heavy atom. The van der Waals surface area contributed by atoms with E-state index in [0.717, 1.165) is 22.5 Å². The third-order valence-corrected chi connectivity index (χ3v) is 8.26. The van der Waals surface area contributed by atoms with Gasteiger partial charge in [-0.1, -0.05) is 57.2 Å². The number of rotatable bonds is 8. The van der Waals surface area contributed by atoms with E-state index in [0.29, 0.717) is 28.8 Å². The fraction of sp³-hybridized carbons (Fsp3) is 0.273. The number of benzene rings is 3. The van der Waals surface area contributed by atoms with Crippen LogP contribution in [0.1, 0.15) is 55.0 Å². The summed E-state index contributed by atoms with van der Waals surface area (Å²) >= 11 is 1.43. The Bertz CT molecular complexity index is 1860. The maximum atomic E-state index is 12.9. The monoisotopic (exact) mass is 634 g/mol. The molecule has 2 aromatic heterocycles. The van der Waals surface area contributed by atoms with Gasteiger partial charge < -0.3 is 10.1 Å². The lowest BCUT2D eigenvalue weighted by Crippen LogP contribution is -2.28. The minimum Gasteiger partial charge on any atom is -0.406 e. The van der Waals surface area contributed by atoms with Crippen molar-refractivity contribution < 1.29 is 22.7 Å². The second kappa shape index (κ2) is 13.1. The molecule has 0 spiro atoms. The highest BCUT2D eigenvalue weighted by atomic mass is 32.1. The molecule has 0 aliphatic carbocycles. The first-order chi connectivity index (χ1) is 21.4. The van der Waals surface area contributed by atoms with E-state index in [4.69, 9.17) is 0 Å². The molecule has 1 unspecified atom stereocenters. The normalized spacial score (nSPS) is 12.9. The summed E-state index contributed by atoms with van der Waals surface area (Å²) < 4.78 is 44.7. The average Bonchev–Trinajstić information content (AvgIpc) is 3.62. The third kappa shape index (κ3) is 7.51. The van der Waals surface area contributed by atoms with Gasteiger partial charge in [0.25, 0.3) is 0 Å². The molecular formula is C33H33F3N6O2S. The Kier molecular flexibility index (Phi) is 9.24. The second-order valence-corrected chi connectivity index (χ2v) is 11.9. The summed E-state index contributed by atoms with van der Waals surface area (Å²) in [6.07, 6.45) is -3.26. The molecule has 0 radical (unpaired) electrons. The average molecular weight is 635 g/mol. The molecule has 0 fully saturated rings. The highest BCUT2D eigenvalue weighted by Gasteiger charge is 2.31. The fourth-order valence-corrected chi connectivity index (χ4v) is 6.01. The van der Waals surface area contributed by atoms with Gasteiger partial charge in [-0.3, -0.25) is 4.57 Å². The number of nitrogens with zero attached hydrogens (tertiary/aromatic N) is 5. The molecule has 0 bridgehead atoms. The van der Waals surface area contributed by atoms with E-state index >= 15 is 0 Å². The van der Waals surface area contributed by atoms with Crippen molar-refractivity contribution in [3.63, 3.8) is 0 Å². The summed E-state index contributed by atoms with van der Waals surface area (Å²) in [6, 6.07) is 18.9. The molecular weight excluding hydrogens is 601 g/mol. The number of amides is 2. The predicted octanol–water partition coefficient (Wildman–Crippen LogP) is 7.84. The van der Waals surface area contributed by atoms with Crippen molar-refractivity contribution in [3.05, 3.63) is 106 Å². The van der Waals surface area contributed by atoms with E-state index in [1.165, 1.54) is 57.7 Å². The Morgan fingerprint density at radius 2 is 1.73 bits per heavy atom. The third-order valence-electron chi connectivity index (χ3n) is 7.32. The first-order valence-electron chi connectivity index (χ1n) is 14.4. The molecule has 0 saturated carbocycles. The lowest BCUT2D eigenvalue weighted by atomic mass is 9.96. The molecule has 2 amide bonds. The van der Waals surface area contributed by atoms with Crippen LogP contribution in [-0.4, -0.2) is 38.3 Å². The standard InChI is InChI=1S/C33H33F3N6O2S/c1-20(2)29-21(3)7-6-8-28(29)42-23(5)18-45-32(42)39-31(43)37-17-22(4)24-9-11-25(12-10-24)30-38-19-41(40-30)26-13-15-27(16-14-26)44-33(34,35)36/h6-16,18-20,22H,17H2,1-5H3,(H,37,43)/b39-32-. The second-order valence-electron chi connectivity index (χ2n) is 11.0. The summed E-state index contributed by atoms with van der Waals surface area (Å²) in [5.74, 6) is 0.484. The quantitative estimate of drug-likeness (QED) is 0.188. The van der Waals surface area contributed by atoms with Gasteiger partial charge in [0.05, 0.1) is 11.4 Å². The van der Waals surface area contributed by atoms with Crippen LogP contribution in [0.15, 0.2) is 83.4 Å². The molecule has 1 atom stereocenters. The minimum absolute atomic E-state index is 0.0164. The van der Waals surface area contributed by atoms with Gasteiger partial charge in [-0.2, -0.15) is 4.99 Å². The van der Waals surface area contributed by atoms with Gasteiger partial charge in [-0.25, -0.2) is 14.5 Å². The number of urea groups is 1. The molecule has 8 nitrogen and oxygen atoms in total. The van der Waals surface area contributed by atoms with E-state index in [1.54, 1.807) is 0 Å². The van der Waals surface area contributed by atoms with Crippen LogP contribution in [0.3, 0.4) is 0 Å². The topological polar surface area (TPSA) is 86.3 Å². The van der Waals surface area contributed by atoms with Crippen LogP contribution in [0.5, 0.6) is 5.75 Å². The smallest absolute Gasteiger partial charge is 0.406 e. The molecule has 2 heterocycles. The zero-order valence-electron chi connectivity index (χ0n) is 25.5. The van der Waals surface area contributed by atoms with Gasteiger partial charge in [-0.05, 0) is 72.7 Å². The maximum Gasteiger partial charge on any atom is 0.573 e. The summed E-state index contributed by atoms with van der Waals surface area (Å²) in [5.41, 5.74) is 6.81. The Balaban J connectivity index is 1.23. The molecule has 12 heteroatoms. The number of hydrogen-bond donors (Lipinski definition) is 1. The van der Waals surface area contributed by atoms with Crippen LogP contribution in [0.2, 0.25) is 0 Å². The molecule has 3 aromatic carbocycles. The summed E-state index contributed by atoms with van der Waals surface area (Å²) in [5, 5.41) is 9.39. The van der Waals surface area contributed by atoms with Crippen LogP contribution in [-0.2, 0) is 0 Å². The number of thiazole rings is 1. The van der Waals surface area contributed by atoms with Crippen molar-refractivity contribution in [2.75, 3.05) is 6.54 Å². The molecule has 234 valence electrons. The Labute approximate surface area is 262 Å². The largest absolute Gasteiger partial charge is 0.573 e. The molecule has 1 N–H and O–H groups in total. The van der Waals surface area contributed by atoms with Crippen LogP contribution in [0.25, 0.3) is 22.8 Å². The molecule has 0 saturated heterocycles. The summed E-state index contributed by atoms with van der Waals surface area (Å²) in [7, 11) is 0. The number of carbonyl (C=O) groups excluding carboxylic acids is 1. The zero-order valence-corrected chi connectivity index (χ0v) is 26.3. The van der Waals surface area contributed by atoms with Gasteiger partial charge in [0.2, 0.25) is 0 Å². The lowest BCUT2D eigenvalue weighted by molar-refractivity contribution is -0.274. The number of aryl methyl sites for hydroxylation is 2. The highest BCUT2D eigenvalue weighted by molar-refractivity contribution is 7.07. The number of hydrogen-bond acceptors (Lipinski definition) is 5. The lowest BCUT2D eigenvalue weighted by Gasteiger charge is -2.17. The van der Waals surface area contributed by atoms with Gasteiger partial charge >= 0.3 is 12.4 Å². The van der Waals surface area contributed by atoms with Crippen molar-refractivity contribution >= 4 is 17.4 Å². The molecule has 5 rings (SSSR count). The van der Waals surface area contributed by atoms with Crippen LogP contribution >= 0.6 is 11.3 Å². The molecule has 0 aliphatic heterocycles. The zero-order chi connectivity index (χ0) is 32.3. The highest BCUT2D eigenvalue weighted by Crippen LogP contribution is 2.28. The van der Waals surface area contributed by atoms with Gasteiger partial charge in [0, 0.05) is 23.2 Å². The van der Waals surface area contributed by atoms with Crippen molar-refractivity contribution in [1.29, 1.82) is 0 Å². The summed E-state index contributed by atoms with van der Waals surface area (Å²) in [4.78, 5) is 22.3. The van der Waals surface area contributed by atoms with E-state index in [1.807, 2.05) is 54.1 Å². The van der Waals surface area contributed by atoms with Gasteiger partial charge in [0.1, 0.15) is 12.1 Å². The first-order valence-corrected chi connectivity index (χ1v) is 15.3. The first kappa shape index (κ1) is 31.7. The van der Waals surface area contributed by atoms with Crippen molar-refractivity contribution in [2.24, 2.45) is 4.99 Å². The van der Waals surface area contributed by atoms with Crippen LogP contribution in [0, 0.1) is 13.8 Å². The maximum absolute atomic E-state index is 12.9. The molecule has 5 aromatic rings. The van der Waals surface area contributed by atoms with E-state index in [9.17, 15) is 18.0 Å². The number of ether oxygens (including phenoxy) is 1. The number of aromatic nitrogens is 4. The van der Waals surface area contributed by atoms with Crippen LogP contribution in [0.4, 0.5) is 18.0 Å². The SMILES string of the molecule is Cc1cccc(-n2c(C)cs/c2=N\C(=O)NCC(C)c2ccc(-c3ncn(-c4ccc(OC(F)(F)F)cc4)n3)cc2)c1C(C)C. The van der Waals surface area contributed by atoms with E-state index in [-0.39, 0.29) is 11.7 Å². The van der Waals surface area contributed by atoms with Crippen LogP contribution < -0.4 is 14.9 Å². The van der Waals surface area contributed by atoms with Gasteiger partial charge in [-0.15, -0.1) is 29.6 Å². The summed E-state index contributed by atoms with van der Waals surface area (Å²) in [6.45, 7) is 10.9. The Hall–Kier alpha value is -4.71. The minimum atomic E-state index is -4.75. The number of nitrogens with one attached hydrogen (secondary N) is 1. The van der Waals surface area contributed by atoms with Gasteiger partial charge in [0.15, 0.2) is 10.6 Å². The van der Waals surface area contributed by atoms with Crippen molar-refractivity contribution in [1.82, 2.24) is 24.6 Å².